The van der Waals surface area contributed by atoms with Gasteiger partial charge in [-0.25, -0.2) is 0 Å². The third-order valence-corrected chi connectivity index (χ3v) is 2.38. The number of ether oxygens (including phenoxy) is 1. The molecule has 3 nitrogen and oxygen atoms in total. The van der Waals surface area contributed by atoms with Crippen molar-refractivity contribution < 1.29 is 4.74 Å². The molecule has 16 heavy (non-hydrogen) atoms. The maximum atomic E-state index is 8.73. The standard InChI is InChI=1S/C13H18N2O/c1-3-4-11-5-7-13(8-6-11)16-10-12(9-14)15-2/h5-8,12,15H,3-4,10H2,1-2H3. The minimum atomic E-state index is -0.254. The number of rotatable bonds is 6. The minimum Gasteiger partial charge on any atom is -0.491 e. The summed E-state index contributed by atoms with van der Waals surface area (Å²) in [5.74, 6) is 0.815. The second-order valence-electron chi connectivity index (χ2n) is 3.68. The zero-order valence-corrected chi connectivity index (χ0v) is 9.86. The van der Waals surface area contributed by atoms with Gasteiger partial charge in [0.2, 0.25) is 0 Å². The highest BCUT2D eigenvalue weighted by atomic mass is 16.5. The zero-order valence-electron chi connectivity index (χ0n) is 9.86. The van der Waals surface area contributed by atoms with Crippen LogP contribution < -0.4 is 10.1 Å². The maximum Gasteiger partial charge on any atom is 0.129 e. The van der Waals surface area contributed by atoms with Gasteiger partial charge in [-0.2, -0.15) is 5.26 Å². The highest BCUT2D eigenvalue weighted by molar-refractivity contribution is 5.27. The van der Waals surface area contributed by atoms with Crippen molar-refractivity contribution in [3.05, 3.63) is 29.8 Å². The van der Waals surface area contributed by atoms with Gasteiger partial charge in [0.25, 0.3) is 0 Å². The summed E-state index contributed by atoms with van der Waals surface area (Å²) in [7, 11) is 1.75. The first-order valence-corrected chi connectivity index (χ1v) is 5.58. The minimum absolute atomic E-state index is 0.254. The van der Waals surface area contributed by atoms with Gasteiger partial charge < -0.3 is 10.1 Å². The van der Waals surface area contributed by atoms with Gasteiger partial charge in [-0.1, -0.05) is 25.5 Å². The van der Waals surface area contributed by atoms with Crippen LogP contribution in [0, 0.1) is 11.3 Å². The van der Waals surface area contributed by atoms with Crippen molar-refractivity contribution in [2.24, 2.45) is 0 Å². The van der Waals surface area contributed by atoms with Gasteiger partial charge in [-0.05, 0) is 31.2 Å². The Kier molecular flexibility index (Phi) is 5.38. The van der Waals surface area contributed by atoms with E-state index in [1.165, 1.54) is 5.56 Å². The van der Waals surface area contributed by atoms with Crippen molar-refractivity contribution in [3.63, 3.8) is 0 Å². The lowest BCUT2D eigenvalue weighted by Gasteiger charge is -2.10. The van der Waals surface area contributed by atoms with Crippen LogP contribution in [0.1, 0.15) is 18.9 Å². The monoisotopic (exact) mass is 218 g/mol. The van der Waals surface area contributed by atoms with Crippen molar-refractivity contribution in [2.45, 2.75) is 25.8 Å². The Morgan fingerprint density at radius 2 is 2.06 bits per heavy atom. The lowest BCUT2D eigenvalue weighted by atomic mass is 10.1. The van der Waals surface area contributed by atoms with Crippen LogP contribution in [-0.2, 0) is 6.42 Å². The SMILES string of the molecule is CCCc1ccc(OCC(C#N)NC)cc1. The Labute approximate surface area is 97.0 Å². The smallest absolute Gasteiger partial charge is 0.129 e. The molecular weight excluding hydrogens is 200 g/mol. The molecule has 1 aromatic rings. The highest BCUT2D eigenvalue weighted by Gasteiger charge is 2.04. The van der Waals surface area contributed by atoms with Crippen LogP contribution in [0.3, 0.4) is 0 Å². The van der Waals surface area contributed by atoms with Gasteiger partial charge in [0.05, 0.1) is 6.07 Å². The third kappa shape index (κ3) is 3.92. The molecule has 0 saturated heterocycles. The molecule has 1 atom stereocenters. The molecule has 0 spiro atoms. The zero-order chi connectivity index (χ0) is 11.8. The Morgan fingerprint density at radius 1 is 1.38 bits per heavy atom. The van der Waals surface area contributed by atoms with Gasteiger partial charge in [-0.15, -0.1) is 0 Å². The van der Waals surface area contributed by atoms with E-state index in [1.54, 1.807) is 7.05 Å². The molecule has 0 aliphatic carbocycles. The average Bonchev–Trinajstić information content (AvgIpc) is 2.33. The number of benzene rings is 1. The first-order valence-electron chi connectivity index (χ1n) is 5.58. The number of hydrogen-bond donors (Lipinski definition) is 1. The normalized spacial score (nSPS) is 11.8. The summed E-state index contributed by atoms with van der Waals surface area (Å²) in [4.78, 5) is 0. The van der Waals surface area contributed by atoms with Gasteiger partial charge in [0, 0.05) is 0 Å². The lowest BCUT2D eigenvalue weighted by molar-refractivity contribution is 0.295. The van der Waals surface area contributed by atoms with Crippen molar-refractivity contribution in [2.75, 3.05) is 13.7 Å². The summed E-state index contributed by atoms with van der Waals surface area (Å²) < 4.78 is 5.50. The molecule has 1 rings (SSSR count). The van der Waals surface area contributed by atoms with Crippen molar-refractivity contribution >= 4 is 0 Å². The molecule has 0 heterocycles. The van der Waals surface area contributed by atoms with E-state index in [-0.39, 0.29) is 6.04 Å². The average molecular weight is 218 g/mol. The molecule has 86 valence electrons. The first-order chi connectivity index (χ1) is 7.80. The Bertz CT molecular complexity index is 340. The van der Waals surface area contributed by atoms with Crippen LogP contribution >= 0.6 is 0 Å². The second kappa shape index (κ2) is 6.86. The second-order valence-corrected chi connectivity index (χ2v) is 3.68. The van der Waals surface area contributed by atoms with Gasteiger partial charge in [0.15, 0.2) is 0 Å². The molecule has 0 aromatic heterocycles. The molecule has 1 aromatic carbocycles. The fraction of sp³-hybridized carbons (Fsp3) is 0.462. The van der Waals surface area contributed by atoms with Gasteiger partial charge >= 0.3 is 0 Å². The molecule has 1 N–H and O–H groups in total. The predicted octanol–water partition coefficient (Wildman–Crippen LogP) is 2.13. The number of nitriles is 1. The number of nitrogens with one attached hydrogen (secondary N) is 1. The number of hydrogen-bond acceptors (Lipinski definition) is 3. The largest absolute Gasteiger partial charge is 0.491 e. The van der Waals surface area contributed by atoms with Gasteiger partial charge in [0.1, 0.15) is 18.4 Å². The molecule has 0 saturated carbocycles. The van der Waals surface area contributed by atoms with E-state index in [0.29, 0.717) is 6.61 Å². The summed E-state index contributed by atoms with van der Waals surface area (Å²) in [6.45, 7) is 2.54. The van der Waals surface area contributed by atoms with E-state index in [4.69, 9.17) is 10.00 Å². The Balaban J connectivity index is 2.46. The van der Waals surface area contributed by atoms with Crippen LogP contribution in [0.4, 0.5) is 0 Å². The maximum absolute atomic E-state index is 8.73. The molecule has 0 radical (unpaired) electrons. The van der Waals surface area contributed by atoms with E-state index in [0.717, 1.165) is 18.6 Å². The summed E-state index contributed by atoms with van der Waals surface area (Å²) in [5, 5.41) is 11.6. The molecule has 0 aliphatic rings. The van der Waals surface area contributed by atoms with Crippen LogP contribution in [0.15, 0.2) is 24.3 Å². The van der Waals surface area contributed by atoms with Crippen LogP contribution in [0.25, 0.3) is 0 Å². The Morgan fingerprint density at radius 3 is 2.56 bits per heavy atom. The fourth-order valence-corrected chi connectivity index (χ4v) is 1.41. The fourth-order valence-electron chi connectivity index (χ4n) is 1.41. The molecular formula is C13H18N2O. The van der Waals surface area contributed by atoms with Crippen molar-refractivity contribution in [1.82, 2.24) is 5.32 Å². The molecule has 1 unspecified atom stereocenters. The molecule has 3 heteroatoms. The molecule has 0 aliphatic heterocycles. The number of nitrogens with zero attached hydrogens (tertiary/aromatic N) is 1. The molecule has 0 fully saturated rings. The van der Waals surface area contributed by atoms with E-state index < -0.39 is 0 Å². The van der Waals surface area contributed by atoms with Crippen LogP contribution in [0.5, 0.6) is 5.75 Å². The van der Waals surface area contributed by atoms with Crippen molar-refractivity contribution in [1.29, 1.82) is 5.26 Å². The summed E-state index contributed by atoms with van der Waals surface area (Å²) in [6, 6.07) is 9.91. The van der Waals surface area contributed by atoms with E-state index in [2.05, 4.69) is 30.4 Å². The highest BCUT2D eigenvalue weighted by Crippen LogP contribution is 2.13. The number of likely N-dealkylation sites (N-methyl/N-ethyl adjacent to an activating group) is 1. The van der Waals surface area contributed by atoms with Crippen LogP contribution in [-0.4, -0.2) is 19.7 Å². The molecule has 0 amide bonds. The third-order valence-electron chi connectivity index (χ3n) is 2.38. The quantitative estimate of drug-likeness (QED) is 0.795. The topological polar surface area (TPSA) is 45.0 Å². The van der Waals surface area contributed by atoms with E-state index in [1.807, 2.05) is 12.1 Å². The Hall–Kier alpha value is -1.53. The summed E-state index contributed by atoms with van der Waals surface area (Å²) >= 11 is 0. The first kappa shape index (κ1) is 12.5. The van der Waals surface area contributed by atoms with E-state index >= 15 is 0 Å². The lowest BCUT2D eigenvalue weighted by Crippen LogP contribution is -2.29. The molecule has 0 bridgehead atoms. The van der Waals surface area contributed by atoms with Crippen LogP contribution in [0.2, 0.25) is 0 Å². The predicted molar refractivity (Wildman–Crippen MR) is 64.4 cm³/mol. The number of aryl methyl sites for hydroxylation is 1. The summed E-state index contributed by atoms with van der Waals surface area (Å²) in [5.41, 5.74) is 1.32. The van der Waals surface area contributed by atoms with Crippen molar-refractivity contribution in [3.8, 4) is 11.8 Å². The van der Waals surface area contributed by atoms with E-state index in [9.17, 15) is 0 Å². The summed E-state index contributed by atoms with van der Waals surface area (Å²) in [6.07, 6.45) is 2.24. The van der Waals surface area contributed by atoms with Gasteiger partial charge in [-0.3, -0.25) is 0 Å².